The number of nitrogens with zero attached hydrogens (tertiary/aromatic N) is 1. The van der Waals surface area contributed by atoms with Crippen LogP contribution in [0.3, 0.4) is 0 Å². The second-order valence-electron chi connectivity index (χ2n) is 4.65. The van der Waals surface area contributed by atoms with E-state index in [0.717, 1.165) is 30.8 Å². The van der Waals surface area contributed by atoms with Crippen molar-refractivity contribution in [1.29, 1.82) is 0 Å². The van der Waals surface area contributed by atoms with Crippen LogP contribution in [0.4, 0.5) is 15.8 Å². The molecular formula is C15H15FN2. The van der Waals surface area contributed by atoms with Crippen molar-refractivity contribution in [3.05, 3.63) is 59.4 Å². The van der Waals surface area contributed by atoms with E-state index in [4.69, 9.17) is 5.73 Å². The van der Waals surface area contributed by atoms with Crippen LogP contribution in [0.5, 0.6) is 0 Å². The zero-order valence-corrected chi connectivity index (χ0v) is 10.1. The summed E-state index contributed by atoms with van der Waals surface area (Å²) in [5.74, 6) is -0.181. The molecule has 0 aliphatic carbocycles. The number of nitrogen functional groups attached to an aromatic ring is 1. The molecular weight excluding hydrogens is 227 g/mol. The smallest absolute Gasteiger partial charge is 0.123 e. The molecule has 1 heterocycles. The minimum atomic E-state index is -0.181. The molecule has 3 heteroatoms. The molecule has 0 amide bonds. The highest BCUT2D eigenvalue weighted by molar-refractivity contribution is 5.68. The average molecular weight is 242 g/mol. The Balaban J connectivity index is 1.87. The Morgan fingerprint density at radius 3 is 2.83 bits per heavy atom. The molecule has 92 valence electrons. The van der Waals surface area contributed by atoms with Crippen LogP contribution in [0.1, 0.15) is 11.1 Å². The number of hydrogen-bond acceptors (Lipinski definition) is 2. The number of rotatable bonds is 2. The van der Waals surface area contributed by atoms with Gasteiger partial charge in [0.05, 0.1) is 0 Å². The van der Waals surface area contributed by atoms with Gasteiger partial charge in [-0.2, -0.15) is 0 Å². The first-order valence-electron chi connectivity index (χ1n) is 6.11. The number of fused-ring (bicyclic) bond motifs is 1. The Hall–Kier alpha value is -2.03. The quantitative estimate of drug-likeness (QED) is 0.820. The molecule has 2 nitrogen and oxygen atoms in total. The van der Waals surface area contributed by atoms with Crippen LogP contribution in [0.2, 0.25) is 0 Å². The van der Waals surface area contributed by atoms with Crippen LogP contribution >= 0.6 is 0 Å². The predicted octanol–water partition coefficient (Wildman–Crippen LogP) is 2.97. The molecule has 2 aromatic rings. The van der Waals surface area contributed by atoms with E-state index in [1.807, 2.05) is 18.2 Å². The fourth-order valence-electron chi connectivity index (χ4n) is 2.55. The first-order valence-corrected chi connectivity index (χ1v) is 6.11. The molecule has 0 radical (unpaired) electrons. The predicted molar refractivity (Wildman–Crippen MR) is 72.0 cm³/mol. The van der Waals surface area contributed by atoms with E-state index >= 15 is 0 Å². The normalized spacial score (nSPS) is 13.7. The lowest BCUT2D eigenvalue weighted by atomic mass is 10.1. The third-order valence-corrected chi connectivity index (χ3v) is 3.42. The number of hydrogen-bond donors (Lipinski definition) is 1. The van der Waals surface area contributed by atoms with Gasteiger partial charge in [0.2, 0.25) is 0 Å². The molecule has 18 heavy (non-hydrogen) atoms. The highest BCUT2D eigenvalue weighted by Crippen LogP contribution is 2.32. The summed E-state index contributed by atoms with van der Waals surface area (Å²) in [5.41, 5.74) is 10.2. The fourth-order valence-corrected chi connectivity index (χ4v) is 2.55. The molecule has 0 spiro atoms. The lowest BCUT2D eigenvalue weighted by Crippen LogP contribution is -2.19. The van der Waals surface area contributed by atoms with Gasteiger partial charge in [0.15, 0.2) is 0 Å². The summed E-state index contributed by atoms with van der Waals surface area (Å²) < 4.78 is 13.2. The van der Waals surface area contributed by atoms with Crippen LogP contribution < -0.4 is 10.6 Å². The highest BCUT2D eigenvalue weighted by atomic mass is 19.1. The first kappa shape index (κ1) is 11.1. The van der Waals surface area contributed by atoms with Gasteiger partial charge in [0.1, 0.15) is 5.82 Å². The maximum atomic E-state index is 13.2. The van der Waals surface area contributed by atoms with Crippen molar-refractivity contribution in [2.24, 2.45) is 0 Å². The first-order chi connectivity index (χ1) is 8.74. The zero-order valence-electron chi connectivity index (χ0n) is 10.1. The van der Waals surface area contributed by atoms with Gasteiger partial charge in [-0.1, -0.05) is 18.2 Å². The lowest BCUT2D eigenvalue weighted by Gasteiger charge is -2.19. The molecule has 1 aliphatic heterocycles. The van der Waals surface area contributed by atoms with Gasteiger partial charge in [-0.15, -0.1) is 0 Å². The maximum Gasteiger partial charge on any atom is 0.123 e. The Kier molecular flexibility index (Phi) is 2.67. The van der Waals surface area contributed by atoms with Gasteiger partial charge in [-0.3, -0.25) is 0 Å². The van der Waals surface area contributed by atoms with E-state index in [-0.39, 0.29) is 5.82 Å². The minimum Gasteiger partial charge on any atom is -0.398 e. The van der Waals surface area contributed by atoms with Crippen LogP contribution in [0, 0.1) is 5.82 Å². The fraction of sp³-hybridized carbons (Fsp3) is 0.200. The average Bonchev–Trinajstić information content (AvgIpc) is 2.74. The van der Waals surface area contributed by atoms with E-state index in [2.05, 4.69) is 11.0 Å². The summed E-state index contributed by atoms with van der Waals surface area (Å²) in [6, 6.07) is 12.7. The van der Waals surface area contributed by atoms with Gasteiger partial charge < -0.3 is 10.6 Å². The Labute approximate surface area is 106 Å². The summed E-state index contributed by atoms with van der Waals surface area (Å²) in [6.07, 6.45) is 0.970. The van der Waals surface area contributed by atoms with Crippen molar-refractivity contribution in [1.82, 2.24) is 0 Å². The van der Waals surface area contributed by atoms with E-state index in [1.165, 1.54) is 17.3 Å². The van der Waals surface area contributed by atoms with Gasteiger partial charge >= 0.3 is 0 Å². The van der Waals surface area contributed by atoms with Crippen molar-refractivity contribution in [2.45, 2.75) is 13.0 Å². The summed E-state index contributed by atoms with van der Waals surface area (Å²) in [4.78, 5) is 2.25. The molecule has 0 saturated heterocycles. The number of benzene rings is 2. The second kappa shape index (κ2) is 4.33. The van der Waals surface area contributed by atoms with Gasteiger partial charge in [-0.25, -0.2) is 4.39 Å². The Bertz CT molecular complexity index is 580. The van der Waals surface area contributed by atoms with Crippen molar-refractivity contribution in [3.8, 4) is 0 Å². The van der Waals surface area contributed by atoms with Crippen molar-refractivity contribution in [2.75, 3.05) is 17.2 Å². The van der Waals surface area contributed by atoms with Crippen molar-refractivity contribution >= 4 is 11.4 Å². The van der Waals surface area contributed by atoms with Gasteiger partial charge in [-0.05, 0) is 36.2 Å². The van der Waals surface area contributed by atoms with Gasteiger partial charge in [0.25, 0.3) is 0 Å². The molecule has 2 N–H and O–H groups in total. The minimum absolute atomic E-state index is 0.181. The second-order valence-corrected chi connectivity index (χ2v) is 4.65. The number of halogens is 1. The van der Waals surface area contributed by atoms with E-state index in [1.54, 1.807) is 12.1 Å². The monoisotopic (exact) mass is 242 g/mol. The molecule has 2 aromatic carbocycles. The molecule has 0 atom stereocenters. The zero-order chi connectivity index (χ0) is 12.5. The topological polar surface area (TPSA) is 29.3 Å². The van der Waals surface area contributed by atoms with Crippen LogP contribution in [-0.4, -0.2) is 6.54 Å². The van der Waals surface area contributed by atoms with Crippen LogP contribution in [0.15, 0.2) is 42.5 Å². The Morgan fingerprint density at radius 1 is 1.17 bits per heavy atom. The molecule has 0 fully saturated rings. The molecule has 1 aliphatic rings. The molecule has 0 bridgehead atoms. The largest absolute Gasteiger partial charge is 0.398 e. The van der Waals surface area contributed by atoms with E-state index in [0.29, 0.717) is 0 Å². The third-order valence-electron chi connectivity index (χ3n) is 3.42. The summed E-state index contributed by atoms with van der Waals surface area (Å²) in [7, 11) is 0. The Morgan fingerprint density at radius 2 is 2.00 bits per heavy atom. The molecule has 0 saturated carbocycles. The van der Waals surface area contributed by atoms with Crippen molar-refractivity contribution in [3.63, 3.8) is 0 Å². The van der Waals surface area contributed by atoms with Crippen molar-refractivity contribution < 1.29 is 4.39 Å². The lowest BCUT2D eigenvalue weighted by molar-refractivity contribution is 0.624. The van der Waals surface area contributed by atoms with E-state index in [9.17, 15) is 4.39 Å². The summed E-state index contributed by atoms with van der Waals surface area (Å²) >= 11 is 0. The number of anilines is 2. The number of nitrogens with two attached hydrogens (primary N) is 1. The third kappa shape index (κ3) is 1.92. The highest BCUT2D eigenvalue weighted by Gasteiger charge is 2.20. The summed E-state index contributed by atoms with van der Waals surface area (Å²) in [6.45, 7) is 1.67. The van der Waals surface area contributed by atoms with Gasteiger partial charge in [0, 0.05) is 30.0 Å². The van der Waals surface area contributed by atoms with Crippen LogP contribution in [0.25, 0.3) is 0 Å². The SMILES string of the molecule is Nc1cccc2c1CCN2Cc1cccc(F)c1. The van der Waals surface area contributed by atoms with Crippen LogP contribution in [-0.2, 0) is 13.0 Å². The molecule has 3 rings (SSSR count). The standard InChI is InChI=1S/C15H15FN2/c16-12-4-1-3-11(9-12)10-18-8-7-13-14(17)5-2-6-15(13)18/h1-6,9H,7-8,10,17H2. The van der Waals surface area contributed by atoms with E-state index < -0.39 is 0 Å². The summed E-state index contributed by atoms with van der Waals surface area (Å²) in [5, 5.41) is 0. The molecule has 0 unspecified atom stereocenters. The maximum absolute atomic E-state index is 13.2. The molecule has 0 aromatic heterocycles.